The minimum absolute atomic E-state index is 0.218. The minimum Gasteiger partial charge on any atom is -0.449 e. The molecule has 0 bridgehead atoms. The van der Waals surface area contributed by atoms with E-state index in [1.54, 1.807) is 4.90 Å². The summed E-state index contributed by atoms with van der Waals surface area (Å²) in [5.41, 5.74) is 0.719. The first kappa shape index (κ1) is 23.9. The first-order valence-corrected chi connectivity index (χ1v) is 11.2. The van der Waals surface area contributed by atoms with Gasteiger partial charge in [0.2, 0.25) is 5.89 Å². The van der Waals surface area contributed by atoms with Crippen LogP contribution < -0.4 is 0 Å². The molecule has 30 heavy (non-hydrogen) atoms. The largest absolute Gasteiger partial charge is 0.449 e. The smallest absolute Gasteiger partial charge is 0.410 e. The Balaban J connectivity index is 1.91. The lowest BCUT2D eigenvalue weighted by atomic mass is 9.96. The summed E-state index contributed by atoms with van der Waals surface area (Å²) < 4.78 is 11.0. The maximum atomic E-state index is 12.7. The number of carbonyl (C=O) groups is 1. The van der Waals surface area contributed by atoms with Crippen LogP contribution in [0.15, 0.2) is 34.9 Å². The third-order valence-electron chi connectivity index (χ3n) is 5.15. The van der Waals surface area contributed by atoms with E-state index < -0.39 is 0 Å². The molecule has 0 aliphatic heterocycles. The average Bonchev–Trinajstić information content (AvgIpc) is 3.18. The van der Waals surface area contributed by atoms with Gasteiger partial charge >= 0.3 is 6.09 Å². The molecule has 0 N–H and O–H groups in total. The molecule has 0 saturated carbocycles. The normalized spacial score (nSPS) is 12.6. The lowest BCUT2D eigenvalue weighted by molar-refractivity contribution is 0.0632. The van der Waals surface area contributed by atoms with Gasteiger partial charge in [-0.1, -0.05) is 68.6 Å². The molecule has 0 radical (unpaired) electrons. The van der Waals surface area contributed by atoms with Crippen molar-refractivity contribution in [2.24, 2.45) is 0 Å². The Morgan fingerprint density at radius 1 is 1.13 bits per heavy atom. The van der Waals surface area contributed by atoms with Crippen LogP contribution in [-0.4, -0.2) is 33.3 Å². The van der Waals surface area contributed by atoms with E-state index in [2.05, 4.69) is 24.0 Å². The highest BCUT2D eigenvalue weighted by Crippen LogP contribution is 2.25. The van der Waals surface area contributed by atoms with Gasteiger partial charge in [0.25, 0.3) is 0 Å². The molecule has 6 nitrogen and oxygen atoms in total. The monoisotopic (exact) mass is 415 g/mol. The SMILES string of the molecule is CCCCC(CCC)c1noc(CCOC(=O)N(Cc2ccccc2)C(C)(C)C)n1. The first-order chi connectivity index (χ1) is 14.3. The zero-order valence-corrected chi connectivity index (χ0v) is 19.2. The van der Waals surface area contributed by atoms with Crippen molar-refractivity contribution in [3.05, 3.63) is 47.6 Å². The van der Waals surface area contributed by atoms with E-state index in [1.807, 2.05) is 51.1 Å². The Kier molecular flexibility index (Phi) is 9.34. The van der Waals surface area contributed by atoms with Crippen LogP contribution >= 0.6 is 0 Å². The number of carbonyl (C=O) groups excluding carboxylic acids is 1. The van der Waals surface area contributed by atoms with Crippen molar-refractivity contribution in [3.63, 3.8) is 0 Å². The van der Waals surface area contributed by atoms with Gasteiger partial charge in [0.15, 0.2) is 5.82 Å². The molecule has 0 fully saturated rings. The summed E-state index contributed by atoms with van der Waals surface area (Å²) in [5.74, 6) is 1.66. The Labute approximate surface area is 181 Å². The molecule has 1 heterocycles. The zero-order chi connectivity index (χ0) is 22.0. The van der Waals surface area contributed by atoms with Crippen molar-refractivity contribution in [3.8, 4) is 0 Å². The van der Waals surface area contributed by atoms with E-state index in [0.29, 0.717) is 24.8 Å². The van der Waals surface area contributed by atoms with Crippen molar-refractivity contribution in [1.29, 1.82) is 0 Å². The number of ether oxygens (including phenoxy) is 1. The number of nitrogens with zero attached hydrogens (tertiary/aromatic N) is 3. The van der Waals surface area contributed by atoms with Crippen LogP contribution in [0.4, 0.5) is 4.79 Å². The lowest BCUT2D eigenvalue weighted by Crippen LogP contribution is -2.45. The van der Waals surface area contributed by atoms with Crippen molar-refractivity contribution in [2.45, 2.75) is 91.1 Å². The van der Waals surface area contributed by atoms with Crippen LogP contribution in [-0.2, 0) is 17.7 Å². The molecular weight excluding hydrogens is 378 g/mol. The third kappa shape index (κ3) is 7.47. The summed E-state index contributed by atoms with van der Waals surface area (Å²) in [6.07, 6.45) is 5.66. The van der Waals surface area contributed by atoms with E-state index in [9.17, 15) is 4.79 Å². The van der Waals surface area contributed by atoms with E-state index >= 15 is 0 Å². The van der Waals surface area contributed by atoms with Gasteiger partial charge in [-0.15, -0.1) is 0 Å². The highest BCUT2D eigenvalue weighted by atomic mass is 16.6. The topological polar surface area (TPSA) is 68.5 Å². The molecule has 2 rings (SSSR count). The molecule has 1 amide bonds. The van der Waals surface area contributed by atoms with Crippen molar-refractivity contribution >= 4 is 6.09 Å². The van der Waals surface area contributed by atoms with Gasteiger partial charge in [-0.2, -0.15) is 4.98 Å². The molecule has 1 atom stereocenters. The lowest BCUT2D eigenvalue weighted by Gasteiger charge is -2.34. The summed E-state index contributed by atoms with van der Waals surface area (Å²) in [7, 11) is 0. The fourth-order valence-corrected chi connectivity index (χ4v) is 3.38. The second kappa shape index (κ2) is 11.7. The molecular formula is C24H37N3O3. The van der Waals surface area contributed by atoms with E-state index in [1.165, 1.54) is 0 Å². The van der Waals surface area contributed by atoms with Crippen LogP contribution in [0.1, 0.15) is 89.9 Å². The molecule has 166 valence electrons. The summed E-state index contributed by atoms with van der Waals surface area (Å²) >= 11 is 0. The van der Waals surface area contributed by atoms with Gasteiger partial charge in [-0.05, 0) is 39.2 Å². The Hall–Kier alpha value is -2.37. The van der Waals surface area contributed by atoms with Gasteiger partial charge in [-0.3, -0.25) is 4.90 Å². The number of rotatable bonds is 11. The molecule has 1 aromatic heterocycles. The predicted octanol–water partition coefficient (Wildman–Crippen LogP) is 6.12. The highest BCUT2D eigenvalue weighted by molar-refractivity contribution is 5.68. The van der Waals surface area contributed by atoms with Crippen molar-refractivity contribution < 1.29 is 14.1 Å². The van der Waals surface area contributed by atoms with Crippen LogP contribution in [0.5, 0.6) is 0 Å². The first-order valence-electron chi connectivity index (χ1n) is 11.2. The Morgan fingerprint density at radius 2 is 1.87 bits per heavy atom. The van der Waals surface area contributed by atoms with E-state index in [-0.39, 0.29) is 18.2 Å². The predicted molar refractivity (Wildman–Crippen MR) is 118 cm³/mol. The van der Waals surface area contributed by atoms with Crippen molar-refractivity contribution in [2.75, 3.05) is 6.61 Å². The van der Waals surface area contributed by atoms with Gasteiger partial charge in [0.1, 0.15) is 6.61 Å². The maximum absolute atomic E-state index is 12.7. The number of aromatic nitrogens is 2. The maximum Gasteiger partial charge on any atom is 0.410 e. The second-order valence-corrected chi connectivity index (χ2v) is 8.78. The Bertz CT molecular complexity index is 753. The van der Waals surface area contributed by atoms with Gasteiger partial charge < -0.3 is 9.26 Å². The van der Waals surface area contributed by atoms with Gasteiger partial charge in [0.05, 0.1) is 6.42 Å². The highest BCUT2D eigenvalue weighted by Gasteiger charge is 2.28. The number of hydrogen-bond donors (Lipinski definition) is 0. The molecule has 0 aliphatic carbocycles. The quantitative estimate of drug-likeness (QED) is 0.442. The van der Waals surface area contributed by atoms with Crippen LogP contribution in [0.25, 0.3) is 0 Å². The minimum atomic E-state index is -0.350. The van der Waals surface area contributed by atoms with E-state index in [4.69, 9.17) is 9.26 Å². The molecule has 2 aromatic rings. The average molecular weight is 416 g/mol. The summed E-state index contributed by atoms with van der Waals surface area (Å²) in [6, 6.07) is 9.94. The summed E-state index contributed by atoms with van der Waals surface area (Å²) in [4.78, 5) is 19.0. The second-order valence-electron chi connectivity index (χ2n) is 8.78. The van der Waals surface area contributed by atoms with Gasteiger partial charge in [0, 0.05) is 18.0 Å². The number of unbranched alkanes of at least 4 members (excludes halogenated alkanes) is 1. The fraction of sp³-hybridized carbons (Fsp3) is 0.625. The third-order valence-corrected chi connectivity index (χ3v) is 5.15. The Morgan fingerprint density at radius 3 is 2.50 bits per heavy atom. The number of amides is 1. The molecule has 6 heteroatoms. The van der Waals surface area contributed by atoms with Crippen molar-refractivity contribution in [1.82, 2.24) is 15.0 Å². The van der Waals surface area contributed by atoms with Crippen LogP contribution in [0.2, 0.25) is 0 Å². The molecule has 0 aliphatic rings. The fourth-order valence-electron chi connectivity index (χ4n) is 3.38. The van der Waals surface area contributed by atoms with Gasteiger partial charge in [-0.25, -0.2) is 4.79 Å². The summed E-state index contributed by atoms with van der Waals surface area (Å²) in [5, 5.41) is 4.18. The standard InChI is InChI=1S/C24H37N3O3/c1-6-8-15-20(12-7-2)22-25-21(30-26-22)16-17-29-23(28)27(24(3,4)5)18-19-13-10-9-11-14-19/h9-11,13-14,20H,6-8,12,15-18H2,1-5H3. The number of hydrogen-bond acceptors (Lipinski definition) is 5. The molecule has 0 saturated heterocycles. The molecule has 1 unspecified atom stereocenters. The summed E-state index contributed by atoms with van der Waals surface area (Å²) in [6.45, 7) is 11.1. The van der Waals surface area contributed by atoms with Crippen LogP contribution in [0, 0.1) is 0 Å². The zero-order valence-electron chi connectivity index (χ0n) is 19.2. The molecule has 0 spiro atoms. The molecule has 1 aromatic carbocycles. The van der Waals surface area contributed by atoms with E-state index in [0.717, 1.165) is 43.5 Å². The number of benzene rings is 1. The van der Waals surface area contributed by atoms with Crippen LogP contribution in [0.3, 0.4) is 0 Å².